The summed E-state index contributed by atoms with van der Waals surface area (Å²) >= 11 is 5.96. The van der Waals surface area contributed by atoms with Gasteiger partial charge in [0.15, 0.2) is 0 Å². The molecule has 2 rings (SSSR count). The zero-order chi connectivity index (χ0) is 15.6. The third kappa shape index (κ3) is 2.62. The van der Waals surface area contributed by atoms with Crippen molar-refractivity contribution < 1.29 is 14.0 Å². The molecule has 0 aromatic heterocycles. The largest absolute Gasteiger partial charge is 0.345 e. The first-order valence-electron chi connectivity index (χ1n) is 6.98. The highest BCUT2D eigenvalue weighted by atomic mass is 35.5. The van der Waals surface area contributed by atoms with Crippen LogP contribution in [0.25, 0.3) is 0 Å². The van der Waals surface area contributed by atoms with Crippen LogP contribution in [0.5, 0.6) is 0 Å². The Labute approximate surface area is 128 Å². The van der Waals surface area contributed by atoms with E-state index in [9.17, 15) is 14.0 Å². The molecule has 6 heteroatoms. The lowest BCUT2D eigenvalue weighted by Crippen LogP contribution is -2.66. The molecule has 2 amide bonds. The van der Waals surface area contributed by atoms with Crippen molar-refractivity contribution >= 4 is 23.4 Å². The van der Waals surface area contributed by atoms with Crippen LogP contribution in [0.4, 0.5) is 4.39 Å². The van der Waals surface area contributed by atoms with Crippen LogP contribution in [0, 0.1) is 5.82 Å². The topological polar surface area (TPSA) is 49.4 Å². The van der Waals surface area contributed by atoms with Crippen molar-refractivity contribution in [2.45, 2.75) is 38.8 Å². The molecule has 1 aliphatic heterocycles. The lowest BCUT2D eigenvalue weighted by Gasteiger charge is -2.45. The molecule has 1 heterocycles. The molecule has 1 aromatic rings. The van der Waals surface area contributed by atoms with Gasteiger partial charge in [0.1, 0.15) is 11.4 Å². The van der Waals surface area contributed by atoms with Crippen molar-refractivity contribution in [3.05, 3.63) is 34.6 Å². The first-order valence-corrected chi connectivity index (χ1v) is 7.35. The molecule has 1 fully saturated rings. The third-order valence-electron chi connectivity index (χ3n) is 4.17. The van der Waals surface area contributed by atoms with E-state index in [1.54, 1.807) is 12.1 Å². The van der Waals surface area contributed by atoms with Gasteiger partial charge in [-0.05, 0) is 24.5 Å². The Kier molecular flexibility index (Phi) is 4.52. The van der Waals surface area contributed by atoms with Crippen LogP contribution in [-0.2, 0) is 16.1 Å². The summed E-state index contributed by atoms with van der Waals surface area (Å²) in [7, 11) is 0. The lowest BCUT2D eigenvalue weighted by molar-refractivity contribution is -0.155. The average Bonchev–Trinajstić information content (AvgIpc) is 2.48. The monoisotopic (exact) mass is 312 g/mol. The Balaban J connectivity index is 2.40. The van der Waals surface area contributed by atoms with Crippen molar-refractivity contribution in [2.24, 2.45) is 0 Å². The van der Waals surface area contributed by atoms with E-state index in [0.29, 0.717) is 18.4 Å². The van der Waals surface area contributed by atoms with E-state index >= 15 is 0 Å². The highest BCUT2D eigenvalue weighted by Gasteiger charge is 2.46. The first-order chi connectivity index (χ1) is 9.96. The minimum Gasteiger partial charge on any atom is -0.345 e. The van der Waals surface area contributed by atoms with Gasteiger partial charge in [0.25, 0.3) is 0 Å². The van der Waals surface area contributed by atoms with Crippen molar-refractivity contribution in [1.29, 1.82) is 0 Å². The van der Waals surface area contributed by atoms with E-state index in [4.69, 9.17) is 11.6 Å². The molecule has 0 unspecified atom stereocenters. The summed E-state index contributed by atoms with van der Waals surface area (Å²) in [5, 5.41) is 2.63. The molecule has 0 radical (unpaired) electrons. The molecule has 0 aliphatic carbocycles. The summed E-state index contributed by atoms with van der Waals surface area (Å²) in [6, 6.07) is 4.48. The van der Waals surface area contributed by atoms with Crippen LogP contribution in [-0.4, -0.2) is 28.8 Å². The molecule has 21 heavy (non-hydrogen) atoms. The number of amides is 2. The number of halogens is 2. The highest BCUT2D eigenvalue weighted by molar-refractivity contribution is 6.31. The Morgan fingerprint density at radius 1 is 1.33 bits per heavy atom. The number of nitrogens with one attached hydrogen (secondary N) is 1. The fraction of sp³-hybridized carbons (Fsp3) is 0.467. The maximum absolute atomic E-state index is 13.5. The minimum atomic E-state index is -0.898. The van der Waals surface area contributed by atoms with E-state index in [1.807, 2.05) is 13.8 Å². The Bertz CT molecular complexity index is 573. The third-order valence-corrected chi connectivity index (χ3v) is 4.59. The zero-order valence-electron chi connectivity index (χ0n) is 12.1. The normalized spacial score (nSPS) is 17.8. The number of hydrogen-bond acceptors (Lipinski definition) is 2. The summed E-state index contributed by atoms with van der Waals surface area (Å²) in [5.74, 6) is -0.875. The van der Waals surface area contributed by atoms with E-state index in [1.165, 1.54) is 11.0 Å². The maximum Gasteiger partial charge on any atom is 0.246 e. The van der Waals surface area contributed by atoms with Gasteiger partial charge in [-0.25, -0.2) is 4.39 Å². The van der Waals surface area contributed by atoms with Crippen LogP contribution < -0.4 is 5.32 Å². The molecule has 0 bridgehead atoms. The van der Waals surface area contributed by atoms with Gasteiger partial charge in [0.05, 0.1) is 11.6 Å². The molecular formula is C15H18ClFN2O2. The molecule has 0 atom stereocenters. The van der Waals surface area contributed by atoms with Gasteiger partial charge in [-0.15, -0.1) is 0 Å². The second kappa shape index (κ2) is 6.02. The number of rotatable bonds is 4. The summed E-state index contributed by atoms with van der Waals surface area (Å²) in [6.45, 7) is 3.82. The van der Waals surface area contributed by atoms with E-state index in [2.05, 4.69) is 5.32 Å². The Hall–Kier alpha value is -1.62. The van der Waals surface area contributed by atoms with E-state index < -0.39 is 11.4 Å². The summed E-state index contributed by atoms with van der Waals surface area (Å²) in [4.78, 5) is 26.0. The van der Waals surface area contributed by atoms with Crippen LogP contribution in [0.2, 0.25) is 5.02 Å². The summed E-state index contributed by atoms with van der Waals surface area (Å²) < 4.78 is 13.5. The lowest BCUT2D eigenvalue weighted by atomic mass is 9.87. The molecule has 1 saturated heterocycles. The van der Waals surface area contributed by atoms with Gasteiger partial charge >= 0.3 is 0 Å². The van der Waals surface area contributed by atoms with Crippen molar-refractivity contribution in [1.82, 2.24) is 10.2 Å². The standard InChI is InChI=1S/C15H18ClFN2O2/c1-3-15(4-2)14(21)18-8-12(20)19(15)9-10-6-5-7-11(17)13(10)16/h5-7H,3-4,8-9H2,1-2H3,(H,18,21). The number of carbonyl (C=O) groups is 2. The van der Waals surface area contributed by atoms with E-state index in [0.717, 1.165) is 0 Å². The first kappa shape index (κ1) is 15.8. The molecule has 1 N–H and O–H groups in total. The molecular weight excluding hydrogens is 295 g/mol. The number of hydrogen-bond donors (Lipinski definition) is 1. The molecule has 114 valence electrons. The number of benzene rings is 1. The van der Waals surface area contributed by atoms with Crippen LogP contribution in [0.3, 0.4) is 0 Å². The minimum absolute atomic E-state index is 0.00242. The molecule has 0 spiro atoms. The van der Waals surface area contributed by atoms with E-state index in [-0.39, 0.29) is 29.9 Å². The maximum atomic E-state index is 13.5. The average molecular weight is 313 g/mol. The fourth-order valence-corrected chi connectivity index (χ4v) is 3.00. The molecule has 4 nitrogen and oxygen atoms in total. The summed E-state index contributed by atoms with van der Waals surface area (Å²) in [5.41, 5.74) is -0.392. The van der Waals surface area contributed by atoms with Gasteiger partial charge in [-0.1, -0.05) is 37.6 Å². The number of nitrogens with zero attached hydrogens (tertiary/aromatic N) is 1. The van der Waals surface area contributed by atoms with Crippen molar-refractivity contribution in [3.8, 4) is 0 Å². The van der Waals surface area contributed by atoms with Gasteiger partial charge < -0.3 is 10.2 Å². The van der Waals surface area contributed by atoms with Gasteiger partial charge in [0.2, 0.25) is 11.8 Å². The molecule has 1 aromatic carbocycles. The van der Waals surface area contributed by atoms with Crippen LogP contribution in [0.15, 0.2) is 18.2 Å². The Morgan fingerprint density at radius 3 is 2.62 bits per heavy atom. The predicted molar refractivity (Wildman–Crippen MR) is 78.3 cm³/mol. The van der Waals surface area contributed by atoms with Crippen LogP contribution >= 0.6 is 11.6 Å². The predicted octanol–water partition coefficient (Wildman–Crippen LogP) is 2.50. The Morgan fingerprint density at radius 2 is 2.00 bits per heavy atom. The van der Waals surface area contributed by atoms with Gasteiger partial charge in [-0.2, -0.15) is 0 Å². The SMILES string of the molecule is CCC1(CC)C(=O)NCC(=O)N1Cc1cccc(F)c1Cl. The van der Waals surface area contributed by atoms with Crippen molar-refractivity contribution in [2.75, 3.05) is 6.54 Å². The summed E-state index contributed by atoms with van der Waals surface area (Å²) in [6.07, 6.45) is 0.988. The fourth-order valence-electron chi connectivity index (χ4n) is 2.81. The number of carbonyl (C=O) groups excluding carboxylic acids is 2. The highest BCUT2D eigenvalue weighted by Crippen LogP contribution is 2.31. The second-order valence-electron chi connectivity index (χ2n) is 5.11. The molecule has 1 aliphatic rings. The smallest absolute Gasteiger partial charge is 0.246 e. The number of piperazine rings is 1. The quantitative estimate of drug-likeness (QED) is 0.928. The van der Waals surface area contributed by atoms with Gasteiger partial charge in [0, 0.05) is 6.54 Å². The molecule has 0 saturated carbocycles. The van der Waals surface area contributed by atoms with Crippen LogP contribution in [0.1, 0.15) is 32.3 Å². The second-order valence-corrected chi connectivity index (χ2v) is 5.49. The zero-order valence-corrected chi connectivity index (χ0v) is 12.8. The van der Waals surface area contributed by atoms with Gasteiger partial charge in [-0.3, -0.25) is 9.59 Å². The van der Waals surface area contributed by atoms with Crippen molar-refractivity contribution in [3.63, 3.8) is 0 Å².